The fraction of sp³-hybridized carbons (Fsp3) is 0.474. The predicted octanol–water partition coefficient (Wildman–Crippen LogP) is 3.57. The van der Waals surface area contributed by atoms with Crippen molar-refractivity contribution in [1.29, 1.82) is 0 Å². The number of carbonyl (C=O) groups is 1. The molecule has 3 rings (SSSR count). The van der Waals surface area contributed by atoms with Crippen molar-refractivity contribution in [3.63, 3.8) is 0 Å². The van der Waals surface area contributed by atoms with Crippen LogP contribution < -0.4 is 5.32 Å². The first-order chi connectivity index (χ1) is 11.6. The smallest absolute Gasteiger partial charge is 0.321 e. The molecule has 1 N–H and O–H groups in total. The van der Waals surface area contributed by atoms with Crippen molar-refractivity contribution in [2.24, 2.45) is 0 Å². The Balaban J connectivity index is 1.70. The molecule has 1 aliphatic rings. The topological polar surface area (TPSA) is 48.5 Å². The number of nitrogens with zero attached hydrogens (tertiary/aromatic N) is 3. The molecule has 5 nitrogen and oxygen atoms in total. The van der Waals surface area contributed by atoms with Crippen molar-refractivity contribution >= 4 is 22.6 Å². The molecule has 1 fully saturated rings. The third kappa shape index (κ3) is 3.36. The van der Waals surface area contributed by atoms with Gasteiger partial charge in [-0.05, 0) is 38.4 Å². The summed E-state index contributed by atoms with van der Waals surface area (Å²) in [5, 5.41) is 4.06. The Kier molecular flexibility index (Phi) is 5.00. The van der Waals surface area contributed by atoms with E-state index in [4.69, 9.17) is 0 Å². The van der Waals surface area contributed by atoms with Gasteiger partial charge in [0.05, 0.1) is 11.2 Å². The van der Waals surface area contributed by atoms with E-state index >= 15 is 0 Å². The molecular formula is C19H26N4O. The van der Waals surface area contributed by atoms with Gasteiger partial charge in [-0.1, -0.05) is 25.1 Å². The number of urea groups is 1. The average Bonchev–Trinajstić information content (AvgIpc) is 2.61. The van der Waals surface area contributed by atoms with E-state index in [-0.39, 0.29) is 12.1 Å². The largest absolute Gasteiger partial charge is 0.325 e. The zero-order valence-corrected chi connectivity index (χ0v) is 14.7. The number of amides is 2. The van der Waals surface area contributed by atoms with Crippen LogP contribution in [0, 0.1) is 0 Å². The number of fused-ring (bicyclic) bond motifs is 1. The molecule has 24 heavy (non-hydrogen) atoms. The lowest BCUT2D eigenvalue weighted by Gasteiger charge is -2.40. The molecule has 0 spiro atoms. The summed E-state index contributed by atoms with van der Waals surface area (Å²) in [6.07, 6.45) is 3.80. The first-order valence-electron chi connectivity index (χ1n) is 8.71. The monoisotopic (exact) mass is 326 g/mol. The van der Waals surface area contributed by atoms with Crippen molar-refractivity contribution in [3.8, 4) is 0 Å². The summed E-state index contributed by atoms with van der Waals surface area (Å²) in [7, 11) is 1.90. The van der Waals surface area contributed by atoms with Gasteiger partial charge in [-0.3, -0.25) is 4.98 Å². The van der Waals surface area contributed by atoms with Crippen LogP contribution in [0.5, 0.6) is 0 Å². The second kappa shape index (κ2) is 7.18. The fourth-order valence-corrected chi connectivity index (χ4v) is 3.59. The second-order valence-electron chi connectivity index (χ2n) is 6.58. The Bertz CT molecular complexity index is 712. The number of para-hydroxylation sites is 1. The molecule has 0 bridgehead atoms. The maximum absolute atomic E-state index is 12.7. The lowest BCUT2D eigenvalue weighted by Crippen LogP contribution is -2.50. The third-order valence-corrected chi connectivity index (χ3v) is 5.13. The fourth-order valence-electron chi connectivity index (χ4n) is 3.59. The van der Waals surface area contributed by atoms with Gasteiger partial charge in [0.15, 0.2) is 0 Å². The van der Waals surface area contributed by atoms with Crippen LogP contribution in [0.15, 0.2) is 36.5 Å². The number of pyridine rings is 1. The minimum absolute atomic E-state index is 0.0599. The second-order valence-corrected chi connectivity index (χ2v) is 6.58. The summed E-state index contributed by atoms with van der Waals surface area (Å²) in [5.41, 5.74) is 1.60. The molecule has 0 radical (unpaired) electrons. The Morgan fingerprint density at radius 2 is 2.17 bits per heavy atom. The molecule has 1 aliphatic heterocycles. The number of carbonyl (C=O) groups excluding carboxylic acids is 1. The van der Waals surface area contributed by atoms with Crippen LogP contribution in [-0.4, -0.2) is 53.0 Å². The Morgan fingerprint density at radius 1 is 1.38 bits per heavy atom. The maximum Gasteiger partial charge on any atom is 0.321 e. The normalized spacial score (nSPS) is 21.6. The van der Waals surface area contributed by atoms with Crippen LogP contribution in [0.3, 0.4) is 0 Å². The molecule has 2 heterocycles. The quantitative estimate of drug-likeness (QED) is 0.938. The number of anilines is 1. The summed E-state index contributed by atoms with van der Waals surface area (Å²) in [5.74, 6) is 0. The molecule has 0 unspecified atom stereocenters. The van der Waals surface area contributed by atoms with E-state index in [0.29, 0.717) is 6.04 Å². The number of rotatable bonds is 3. The van der Waals surface area contributed by atoms with Crippen LogP contribution in [0.4, 0.5) is 10.5 Å². The molecular weight excluding hydrogens is 300 g/mol. The highest BCUT2D eigenvalue weighted by molar-refractivity contribution is 5.99. The highest BCUT2D eigenvalue weighted by Crippen LogP contribution is 2.24. The SMILES string of the molecule is CCN1CC[C@H](N(C)C(=O)Nc2cccc3cccnc23)C[C@@H]1C. The van der Waals surface area contributed by atoms with E-state index in [9.17, 15) is 4.79 Å². The number of piperidine rings is 1. The van der Waals surface area contributed by atoms with Gasteiger partial charge in [0.1, 0.15) is 0 Å². The van der Waals surface area contributed by atoms with E-state index in [0.717, 1.165) is 42.5 Å². The highest BCUT2D eigenvalue weighted by atomic mass is 16.2. The zero-order chi connectivity index (χ0) is 17.1. The molecule has 5 heteroatoms. The number of nitrogens with one attached hydrogen (secondary N) is 1. The Hall–Kier alpha value is -2.14. The van der Waals surface area contributed by atoms with E-state index in [2.05, 4.69) is 29.0 Å². The van der Waals surface area contributed by atoms with E-state index in [1.165, 1.54) is 0 Å². The lowest BCUT2D eigenvalue weighted by molar-refractivity contribution is 0.104. The van der Waals surface area contributed by atoms with Gasteiger partial charge in [0.2, 0.25) is 0 Å². The maximum atomic E-state index is 12.7. The van der Waals surface area contributed by atoms with Crippen molar-refractivity contribution in [2.45, 2.75) is 38.8 Å². The van der Waals surface area contributed by atoms with Crippen molar-refractivity contribution in [3.05, 3.63) is 36.5 Å². The molecule has 1 aromatic heterocycles. The van der Waals surface area contributed by atoms with Crippen LogP contribution in [0.1, 0.15) is 26.7 Å². The minimum atomic E-state index is -0.0599. The van der Waals surface area contributed by atoms with Crippen molar-refractivity contribution in [2.75, 3.05) is 25.5 Å². The number of benzene rings is 1. The Labute approximate surface area is 143 Å². The number of aromatic nitrogens is 1. The van der Waals surface area contributed by atoms with E-state index < -0.39 is 0 Å². The first-order valence-corrected chi connectivity index (χ1v) is 8.71. The first kappa shape index (κ1) is 16.7. The van der Waals surface area contributed by atoms with Crippen LogP contribution in [0.2, 0.25) is 0 Å². The van der Waals surface area contributed by atoms with E-state index in [1.807, 2.05) is 42.3 Å². The van der Waals surface area contributed by atoms with Crippen LogP contribution in [-0.2, 0) is 0 Å². The molecule has 2 aromatic rings. The summed E-state index contributed by atoms with van der Waals surface area (Å²) >= 11 is 0. The molecule has 0 aliphatic carbocycles. The van der Waals surface area contributed by atoms with Crippen LogP contribution >= 0.6 is 0 Å². The van der Waals surface area contributed by atoms with Gasteiger partial charge in [-0.25, -0.2) is 4.79 Å². The number of hydrogen-bond donors (Lipinski definition) is 1. The van der Waals surface area contributed by atoms with Gasteiger partial charge in [-0.15, -0.1) is 0 Å². The third-order valence-electron chi connectivity index (χ3n) is 5.13. The highest BCUT2D eigenvalue weighted by Gasteiger charge is 2.29. The average molecular weight is 326 g/mol. The molecule has 1 saturated heterocycles. The van der Waals surface area contributed by atoms with Crippen molar-refractivity contribution < 1.29 is 4.79 Å². The van der Waals surface area contributed by atoms with Gasteiger partial charge in [0.25, 0.3) is 0 Å². The summed E-state index contributed by atoms with van der Waals surface area (Å²) < 4.78 is 0. The zero-order valence-electron chi connectivity index (χ0n) is 14.7. The molecule has 1 aromatic carbocycles. The van der Waals surface area contributed by atoms with Crippen LogP contribution in [0.25, 0.3) is 10.9 Å². The van der Waals surface area contributed by atoms with E-state index in [1.54, 1.807) is 6.20 Å². The van der Waals surface area contributed by atoms with Gasteiger partial charge in [0, 0.05) is 37.3 Å². The number of likely N-dealkylation sites (tertiary alicyclic amines) is 1. The lowest BCUT2D eigenvalue weighted by atomic mass is 9.97. The predicted molar refractivity (Wildman–Crippen MR) is 98.3 cm³/mol. The standard InChI is InChI=1S/C19H26N4O/c1-4-23-12-10-16(13-14(23)2)22(3)19(24)21-17-9-5-7-15-8-6-11-20-18(15)17/h5-9,11,14,16H,4,10,12-13H2,1-3H3,(H,21,24)/t14-,16-/m0/s1. The minimum Gasteiger partial charge on any atom is -0.325 e. The summed E-state index contributed by atoms with van der Waals surface area (Å²) in [6, 6.07) is 10.5. The van der Waals surface area contributed by atoms with Gasteiger partial charge < -0.3 is 15.1 Å². The summed E-state index contributed by atoms with van der Waals surface area (Å²) in [4.78, 5) is 21.4. The van der Waals surface area contributed by atoms with Gasteiger partial charge >= 0.3 is 6.03 Å². The van der Waals surface area contributed by atoms with Gasteiger partial charge in [-0.2, -0.15) is 0 Å². The summed E-state index contributed by atoms with van der Waals surface area (Å²) in [6.45, 7) is 6.57. The molecule has 2 atom stereocenters. The molecule has 0 saturated carbocycles. The number of hydrogen-bond acceptors (Lipinski definition) is 3. The Morgan fingerprint density at radius 3 is 2.92 bits per heavy atom. The van der Waals surface area contributed by atoms with Crippen molar-refractivity contribution in [1.82, 2.24) is 14.8 Å². The molecule has 128 valence electrons. The molecule has 2 amide bonds.